The second-order valence-corrected chi connectivity index (χ2v) is 5.92. The van der Waals surface area contributed by atoms with Gasteiger partial charge >= 0.3 is 0 Å². The van der Waals surface area contributed by atoms with Crippen molar-refractivity contribution in [3.05, 3.63) is 42.7 Å². The Hall–Kier alpha value is -2.81. The van der Waals surface area contributed by atoms with Gasteiger partial charge in [0.2, 0.25) is 11.8 Å². The van der Waals surface area contributed by atoms with Crippen molar-refractivity contribution in [3.8, 4) is 5.75 Å². The first-order valence-corrected chi connectivity index (χ1v) is 8.40. The van der Waals surface area contributed by atoms with E-state index < -0.39 is 5.91 Å². The Balaban J connectivity index is 2.11. The maximum Gasteiger partial charge on any atom is 0.232 e. The standard InChI is InChI=1S/C16H19N5O3S/c1-3-8-21-14(19-20-16(21)25-10-13(17)22)9-15(23)18-11-6-4-5-7-12(11)24-2/h3-7H,1,8-10H2,2H3,(H2,17,22)(H,18,23). The molecule has 1 aromatic carbocycles. The summed E-state index contributed by atoms with van der Waals surface area (Å²) in [6, 6.07) is 7.13. The fourth-order valence-corrected chi connectivity index (χ4v) is 2.80. The first kappa shape index (κ1) is 18.5. The van der Waals surface area contributed by atoms with E-state index in [1.807, 2.05) is 6.07 Å². The van der Waals surface area contributed by atoms with Gasteiger partial charge in [-0.05, 0) is 12.1 Å². The molecule has 2 amide bonds. The molecule has 25 heavy (non-hydrogen) atoms. The van der Waals surface area contributed by atoms with E-state index in [4.69, 9.17) is 10.5 Å². The number of rotatable bonds is 9. The molecule has 0 spiro atoms. The zero-order valence-corrected chi connectivity index (χ0v) is 14.6. The van der Waals surface area contributed by atoms with Crippen LogP contribution in [0, 0.1) is 0 Å². The summed E-state index contributed by atoms with van der Waals surface area (Å²) >= 11 is 1.17. The number of carbonyl (C=O) groups is 2. The number of nitrogens with two attached hydrogens (primary N) is 1. The number of anilines is 1. The van der Waals surface area contributed by atoms with Gasteiger partial charge in [0, 0.05) is 6.54 Å². The van der Waals surface area contributed by atoms with Gasteiger partial charge in [0.15, 0.2) is 5.16 Å². The Bertz CT molecular complexity index is 775. The van der Waals surface area contributed by atoms with Crippen molar-refractivity contribution in [3.63, 3.8) is 0 Å². The Morgan fingerprint density at radius 2 is 2.16 bits per heavy atom. The summed E-state index contributed by atoms with van der Waals surface area (Å²) in [6.45, 7) is 4.11. The smallest absolute Gasteiger partial charge is 0.232 e. The number of benzene rings is 1. The van der Waals surface area contributed by atoms with E-state index in [1.54, 1.807) is 28.8 Å². The minimum Gasteiger partial charge on any atom is -0.495 e. The summed E-state index contributed by atoms with van der Waals surface area (Å²) in [5.41, 5.74) is 5.73. The fraction of sp³-hybridized carbons (Fsp3) is 0.250. The molecule has 132 valence electrons. The van der Waals surface area contributed by atoms with Gasteiger partial charge in [-0.2, -0.15) is 0 Å². The van der Waals surface area contributed by atoms with E-state index >= 15 is 0 Å². The number of carbonyl (C=O) groups excluding carboxylic acids is 2. The van der Waals surface area contributed by atoms with E-state index in [0.29, 0.717) is 29.0 Å². The monoisotopic (exact) mass is 361 g/mol. The number of ether oxygens (including phenoxy) is 1. The molecule has 0 fully saturated rings. The molecule has 8 nitrogen and oxygen atoms in total. The summed E-state index contributed by atoms with van der Waals surface area (Å²) in [5, 5.41) is 11.4. The Labute approximate surface area is 149 Å². The van der Waals surface area contributed by atoms with Crippen LogP contribution < -0.4 is 15.8 Å². The van der Waals surface area contributed by atoms with Gasteiger partial charge < -0.3 is 20.4 Å². The van der Waals surface area contributed by atoms with Gasteiger partial charge in [-0.3, -0.25) is 9.59 Å². The fourth-order valence-electron chi connectivity index (χ4n) is 2.09. The lowest BCUT2D eigenvalue weighted by Gasteiger charge is -2.10. The van der Waals surface area contributed by atoms with Crippen LogP contribution in [0.25, 0.3) is 0 Å². The second kappa shape index (κ2) is 8.88. The zero-order valence-electron chi connectivity index (χ0n) is 13.8. The summed E-state index contributed by atoms with van der Waals surface area (Å²) in [6.07, 6.45) is 1.69. The van der Waals surface area contributed by atoms with Gasteiger partial charge in [-0.25, -0.2) is 0 Å². The number of nitrogens with zero attached hydrogens (tertiary/aromatic N) is 3. The molecule has 3 N–H and O–H groups in total. The van der Waals surface area contributed by atoms with Crippen LogP contribution in [0.1, 0.15) is 5.82 Å². The number of aromatic nitrogens is 3. The normalized spacial score (nSPS) is 10.3. The molecule has 0 aliphatic rings. The Morgan fingerprint density at radius 1 is 1.40 bits per heavy atom. The summed E-state index contributed by atoms with van der Waals surface area (Å²) in [5.74, 6) is 0.422. The zero-order chi connectivity index (χ0) is 18.2. The third-order valence-corrected chi connectivity index (χ3v) is 4.14. The SMILES string of the molecule is C=CCn1c(CC(=O)Nc2ccccc2OC)nnc1SCC(N)=O. The Kier molecular flexibility index (Phi) is 6.58. The number of amides is 2. The van der Waals surface area contributed by atoms with Crippen molar-refractivity contribution in [2.45, 2.75) is 18.1 Å². The molecule has 0 saturated heterocycles. The second-order valence-electron chi connectivity index (χ2n) is 4.98. The van der Waals surface area contributed by atoms with E-state index in [-0.39, 0.29) is 18.1 Å². The number of thioether (sulfide) groups is 1. The minimum absolute atomic E-state index is 0.0238. The molecular weight excluding hydrogens is 342 g/mol. The largest absolute Gasteiger partial charge is 0.495 e. The van der Waals surface area contributed by atoms with Crippen molar-refractivity contribution >= 4 is 29.3 Å². The van der Waals surface area contributed by atoms with E-state index in [2.05, 4.69) is 22.1 Å². The molecule has 2 rings (SSSR count). The molecule has 9 heteroatoms. The van der Waals surface area contributed by atoms with Crippen molar-refractivity contribution in [1.29, 1.82) is 0 Å². The predicted molar refractivity (Wildman–Crippen MR) is 95.5 cm³/mol. The maximum atomic E-state index is 12.3. The number of primary amides is 1. The summed E-state index contributed by atoms with van der Waals surface area (Å²) in [4.78, 5) is 23.3. The Morgan fingerprint density at radius 3 is 2.84 bits per heavy atom. The van der Waals surface area contributed by atoms with E-state index in [9.17, 15) is 9.59 Å². The van der Waals surface area contributed by atoms with Gasteiger partial charge in [0.05, 0.1) is 25.0 Å². The van der Waals surface area contributed by atoms with Crippen molar-refractivity contribution in [1.82, 2.24) is 14.8 Å². The van der Waals surface area contributed by atoms with Gasteiger partial charge in [0.1, 0.15) is 11.6 Å². The molecule has 0 bridgehead atoms. The lowest BCUT2D eigenvalue weighted by Crippen LogP contribution is -2.18. The molecule has 0 aliphatic carbocycles. The van der Waals surface area contributed by atoms with Crippen LogP contribution in [-0.4, -0.2) is 39.4 Å². The molecule has 0 aliphatic heterocycles. The van der Waals surface area contributed by atoms with Crippen molar-refractivity contribution < 1.29 is 14.3 Å². The maximum absolute atomic E-state index is 12.3. The highest BCUT2D eigenvalue weighted by Crippen LogP contribution is 2.23. The number of allylic oxidation sites excluding steroid dienone is 1. The number of nitrogens with one attached hydrogen (secondary N) is 1. The number of hydrogen-bond acceptors (Lipinski definition) is 6. The van der Waals surface area contributed by atoms with Crippen molar-refractivity contribution in [2.24, 2.45) is 5.73 Å². The lowest BCUT2D eigenvalue weighted by atomic mass is 10.2. The minimum atomic E-state index is -0.450. The predicted octanol–water partition coefficient (Wildman–Crippen LogP) is 1.23. The number of hydrogen-bond donors (Lipinski definition) is 2. The van der Waals surface area contributed by atoms with Crippen LogP contribution in [0.15, 0.2) is 42.1 Å². The number of para-hydroxylation sites is 2. The highest BCUT2D eigenvalue weighted by Gasteiger charge is 2.16. The van der Waals surface area contributed by atoms with Crippen molar-refractivity contribution in [2.75, 3.05) is 18.2 Å². The third-order valence-electron chi connectivity index (χ3n) is 3.15. The highest BCUT2D eigenvalue weighted by atomic mass is 32.2. The molecule has 2 aromatic rings. The molecular formula is C16H19N5O3S. The molecule has 1 aromatic heterocycles. The van der Waals surface area contributed by atoms with Gasteiger partial charge in [0.25, 0.3) is 0 Å². The molecule has 0 unspecified atom stereocenters. The van der Waals surface area contributed by atoms with Crippen LogP contribution >= 0.6 is 11.8 Å². The third kappa shape index (κ3) is 5.08. The van der Waals surface area contributed by atoms with Crippen LogP contribution in [0.2, 0.25) is 0 Å². The van der Waals surface area contributed by atoms with Crippen LogP contribution in [0.4, 0.5) is 5.69 Å². The summed E-state index contributed by atoms with van der Waals surface area (Å²) in [7, 11) is 1.54. The number of methoxy groups -OCH3 is 1. The molecule has 0 atom stereocenters. The topological polar surface area (TPSA) is 112 Å². The summed E-state index contributed by atoms with van der Waals surface area (Å²) < 4.78 is 6.93. The molecule has 0 radical (unpaired) electrons. The quantitative estimate of drug-likeness (QED) is 0.513. The van der Waals surface area contributed by atoms with Gasteiger partial charge in [-0.15, -0.1) is 16.8 Å². The lowest BCUT2D eigenvalue weighted by molar-refractivity contribution is -0.116. The van der Waals surface area contributed by atoms with Crippen LogP contribution in [0.3, 0.4) is 0 Å². The highest BCUT2D eigenvalue weighted by molar-refractivity contribution is 7.99. The molecule has 0 saturated carbocycles. The average molecular weight is 361 g/mol. The van der Waals surface area contributed by atoms with Crippen LogP contribution in [-0.2, 0) is 22.6 Å². The average Bonchev–Trinajstić information content (AvgIpc) is 2.95. The van der Waals surface area contributed by atoms with E-state index in [0.717, 1.165) is 0 Å². The van der Waals surface area contributed by atoms with Crippen LogP contribution in [0.5, 0.6) is 5.75 Å². The van der Waals surface area contributed by atoms with Gasteiger partial charge in [-0.1, -0.05) is 30.0 Å². The van der Waals surface area contributed by atoms with E-state index in [1.165, 1.54) is 18.9 Å². The first-order chi connectivity index (χ1) is 12.0. The molecule has 1 heterocycles. The first-order valence-electron chi connectivity index (χ1n) is 7.42.